The minimum atomic E-state index is 0.668. The molecule has 1 aliphatic rings. The normalized spacial score (nSPS) is 16.6. The Balaban J connectivity index is 1.81. The van der Waals surface area contributed by atoms with Gasteiger partial charge in [-0.3, -0.25) is 0 Å². The zero-order chi connectivity index (χ0) is 12.8. The van der Waals surface area contributed by atoms with Gasteiger partial charge < -0.3 is 15.5 Å². The first-order valence-corrected chi connectivity index (χ1v) is 6.77. The molecular weight excluding hydrogens is 226 g/mol. The summed E-state index contributed by atoms with van der Waals surface area (Å²) in [6.45, 7) is 6.56. The minimum Gasteiger partial charge on any atom is -0.368 e. The molecule has 0 radical (unpaired) electrons. The molecule has 0 aliphatic carbocycles. The number of nitrogens with zero attached hydrogens (tertiary/aromatic N) is 3. The van der Waals surface area contributed by atoms with Gasteiger partial charge in [0.2, 0.25) is 5.95 Å². The molecule has 0 unspecified atom stereocenters. The predicted molar refractivity (Wildman–Crippen MR) is 75.1 cm³/mol. The molecule has 18 heavy (non-hydrogen) atoms. The molecule has 0 saturated carbocycles. The quantitative estimate of drug-likeness (QED) is 0.832. The van der Waals surface area contributed by atoms with Gasteiger partial charge in [0.25, 0.3) is 0 Å². The maximum absolute atomic E-state index is 4.42. The van der Waals surface area contributed by atoms with Crippen molar-refractivity contribution in [3.05, 3.63) is 11.8 Å². The highest BCUT2D eigenvalue weighted by molar-refractivity contribution is 5.46. The van der Waals surface area contributed by atoms with Gasteiger partial charge in [-0.05, 0) is 32.9 Å². The van der Waals surface area contributed by atoms with Crippen LogP contribution in [0.1, 0.15) is 24.8 Å². The lowest BCUT2D eigenvalue weighted by Crippen LogP contribution is -2.33. The van der Waals surface area contributed by atoms with Crippen LogP contribution in [0.4, 0.5) is 11.8 Å². The molecule has 0 bridgehead atoms. The van der Waals surface area contributed by atoms with Crippen molar-refractivity contribution in [3.63, 3.8) is 0 Å². The van der Waals surface area contributed by atoms with E-state index in [0.717, 1.165) is 24.5 Å². The zero-order valence-corrected chi connectivity index (χ0v) is 11.4. The molecule has 0 aromatic carbocycles. The molecule has 0 spiro atoms. The van der Waals surface area contributed by atoms with Crippen LogP contribution >= 0.6 is 0 Å². The Labute approximate surface area is 109 Å². The van der Waals surface area contributed by atoms with E-state index in [1.807, 2.05) is 20.2 Å². The van der Waals surface area contributed by atoms with Crippen LogP contribution < -0.4 is 10.6 Å². The summed E-state index contributed by atoms with van der Waals surface area (Å²) < 4.78 is 0. The molecular formula is C13H23N5. The molecule has 5 heteroatoms. The van der Waals surface area contributed by atoms with Crippen LogP contribution in [0.2, 0.25) is 0 Å². The number of aryl methyl sites for hydroxylation is 1. The summed E-state index contributed by atoms with van der Waals surface area (Å²) in [7, 11) is 1.84. The Morgan fingerprint density at radius 2 is 2.06 bits per heavy atom. The lowest BCUT2D eigenvalue weighted by Gasteiger charge is -2.26. The fourth-order valence-electron chi connectivity index (χ4n) is 2.26. The maximum Gasteiger partial charge on any atom is 0.224 e. The number of piperidine rings is 1. The summed E-state index contributed by atoms with van der Waals surface area (Å²) in [5.74, 6) is 1.60. The summed E-state index contributed by atoms with van der Waals surface area (Å²) in [5, 5.41) is 6.36. The largest absolute Gasteiger partial charge is 0.368 e. The van der Waals surface area contributed by atoms with Crippen molar-refractivity contribution in [2.45, 2.75) is 26.2 Å². The number of hydrogen-bond acceptors (Lipinski definition) is 5. The molecule has 2 rings (SSSR count). The minimum absolute atomic E-state index is 0.668. The van der Waals surface area contributed by atoms with E-state index in [-0.39, 0.29) is 0 Å². The van der Waals surface area contributed by atoms with E-state index < -0.39 is 0 Å². The van der Waals surface area contributed by atoms with Gasteiger partial charge in [-0.15, -0.1) is 0 Å². The van der Waals surface area contributed by atoms with Crippen LogP contribution in [0.25, 0.3) is 0 Å². The third kappa shape index (κ3) is 3.57. The molecule has 2 heterocycles. The lowest BCUT2D eigenvalue weighted by molar-refractivity contribution is 0.237. The Morgan fingerprint density at radius 3 is 2.78 bits per heavy atom. The van der Waals surface area contributed by atoms with E-state index in [9.17, 15) is 0 Å². The van der Waals surface area contributed by atoms with E-state index in [1.54, 1.807) is 0 Å². The van der Waals surface area contributed by atoms with E-state index in [4.69, 9.17) is 0 Å². The third-order valence-electron chi connectivity index (χ3n) is 3.36. The topological polar surface area (TPSA) is 53.1 Å². The van der Waals surface area contributed by atoms with Gasteiger partial charge >= 0.3 is 0 Å². The summed E-state index contributed by atoms with van der Waals surface area (Å²) in [4.78, 5) is 11.1. The second kappa shape index (κ2) is 6.54. The fraction of sp³-hybridized carbons (Fsp3) is 0.692. The van der Waals surface area contributed by atoms with Crippen molar-refractivity contribution in [3.8, 4) is 0 Å². The van der Waals surface area contributed by atoms with Crippen LogP contribution in [-0.2, 0) is 0 Å². The van der Waals surface area contributed by atoms with Gasteiger partial charge in [0.1, 0.15) is 5.82 Å². The van der Waals surface area contributed by atoms with E-state index in [2.05, 4.69) is 25.5 Å². The smallest absolute Gasteiger partial charge is 0.224 e. The number of nitrogens with one attached hydrogen (secondary N) is 2. The third-order valence-corrected chi connectivity index (χ3v) is 3.36. The molecule has 1 aromatic heterocycles. The van der Waals surface area contributed by atoms with Crippen molar-refractivity contribution >= 4 is 11.8 Å². The monoisotopic (exact) mass is 249 g/mol. The Hall–Kier alpha value is -1.36. The van der Waals surface area contributed by atoms with Gasteiger partial charge in [-0.2, -0.15) is 4.98 Å². The average molecular weight is 249 g/mol. The van der Waals surface area contributed by atoms with Gasteiger partial charge in [-0.25, -0.2) is 4.98 Å². The molecule has 1 fully saturated rings. The molecule has 0 amide bonds. The Kier molecular flexibility index (Phi) is 4.75. The highest BCUT2D eigenvalue weighted by Crippen LogP contribution is 2.12. The van der Waals surface area contributed by atoms with E-state index >= 15 is 0 Å². The first kappa shape index (κ1) is 13.1. The Morgan fingerprint density at radius 1 is 1.28 bits per heavy atom. The molecule has 5 nitrogen and oxygen atoms in total. The number of aromatic nitrogens is 2. The zero-order valence-electron chi connectivity index (χ0n) is 11.4. The van der Waals surface area contributed by atoms with E-state index in [0.29, 0.717) is 5.95 Å². The van der Waals surface area contributed by atoms with E-state index in [1.165, 1.54) is 32.4 Å². The van der Waals surface area contributed by atoms with Crippen molar-refractivity contribution in [1.29, 1.82) is 0 Å². The fourth-order valence-corrected chi connectivity index (χ4v) is 2.26. The second-order valence-electron chi connectivity index (χ2n) is 4.80. The van der Waals surface area contributed by atoms with Crippen LogP contribution in [0.5, 0.6) is 0 Å². The van der Waals surface area contributed by atoms with Crippen LogP contribution in [-0.4, -0.2) is 48.1 Å². The van der Waals surface area contributed by atoms with Crippen molar-refractivity contribution in [2.24, 2.45) is 0 Å². The first-order valence-electron chi connectivity index (χ1n) is 6.77. The first-order chi connectivity index (χ1) is 8.79. The molecule has 2 N–H and O–H groups in total. The summed E-state index contributed by atoms with van der Waals surface area (Å²) in [6.07, 6.45) is 5.93. The van der Waals surface area contributed by atoms with Gasteiger partial charge in [0.05, 0.1) is 0 Å². The summed E-state index contributed by atoms with van der Waals surface area (Å²) >= 11 is 0. The average Bonchev–Trinajstić information content (AvgIpc) is 2.42. The predicted octanol–water partition coefficient (Wildman–Crippen LogP) is 1.72. The highest BCUT2D eigenvalue weighted by atomic mass is 15.2. The SMILES string of the molecule is CNc1ncc(C)c(NCCN2CCCCC2)n1. The number of anilines is 2. The lowest BCUT2D eigenvalue weighted by atomic mass is 10.1. The molecule has 100 valence electrons. The van der Waals surface area contributed by atoms with Crippen LogP contribution in [0.15, 0.2) is 6.20 Å². The molecule has 1 saturated heterocycles. The Bertz CT molecular complexity index is 374. The molecule has 1 aromatic rings. The van der Waals surface area contributed by atoms with Crippen molar-refractivity contribution in [2.75, 3.05) is 43.9 Å². The highest BCUT2D eigenvalue weighted by Gasteiger charge is 2.09. The summed E-state index contributed by atoms with van der Waals surface area (Å²) in [5.41, 5.74) is 1.09. The molecule has 1 aliphatic heterocycles. The number of likely N-dealkylation sites (tertiary alicyclic amines) is 1. The van der Waals surface area contributed by atoms with Gasteiger partial charge in [-0.1, -0.05) is 6.42 Å². The van der Waals surface area contributed by atoms with Gasteiger partial charge in [0.15, 0.2) is 0 Å². The second-order valence-corrected chi connectivity index (χ2v) is 4.80. The summed E-state index contributed by atoms with van der Waals surface area (Å²) in [6, 6.07) is 0. The van der Waals surface area contributed by atoms with Crippen LogP contribution in [0, 0.1) is 6.92 Å². The van der Waals surface area contributed by atoms with Crippen molar-refractivity contribution in [1.82, 2.24) is 14.9 Å². The van der Waals surface area contributed by atoms with Gasteiger partial charge in [0, 0.05) is 31.9 Å². The van der Waals surface area contributed by atoms with Crippen molar-refractivity contribution < 1.29 is 0 Å². The number of hydrogen-bond donors (Lipinski definition) is 2. The maximum atomic E-state index is 4.42. The number of rotatable bonds is 5. The standard InChI is InChI=1S/C13H23N5/c1-11-10-16-13(14-2)17-12(11)15-6-9-18-7-4-3-5-8-18/h10H,3-9H2,1-2H3,(H2,14,15,16,17). The van der Waals surface area contributed by atoms with Crippen LogP contribution in [0.3, 0.4) is 0 Å². The molecule has 0 atom stereocenters.